The molecule has 2 unspecified atom stereocenters. The lowest BCUT2D eigenvalue weighted by molar-refractivity contribution is -0.126. The smallest absolute Gasteiger partial charge is 0.224 e. The van der Waals surface area contributed by atoms with E-state index >= 15 is 0 Å². The zero-order valence-electron chi connectivity index (χ0n) is 17.0. The predicted molar refractivity (Wildman–Crippen MR) is 118 cm³/mol. The number of sulfonamides is 1. The van der Waals surface area contributed by atoms with Gasteiger partial charge in [-0.25, -0.2) is 12.7 Å². The second kappa shape index (κ2) is 9.46. The number of benzene rings is 2. The normalized spacial score (nSPS) is 21.5. The summed E-state index contributed by atoms with van der Waals surface area (Å²) in [5.74, 6) is 0.703. The van der Waals surface area contributed by atoms with Gasteiger partial charge in [-0.05, 0) is 42.7 Å². The highest BCUT2D eigenvalue weighted by Crippen LogP contribution is 2.30. The molecule has 2 aliphatic rings. The molecular weight excluding hydrogens is 440 g/mol. The van der Waals surface area contributed by atoms with Crippen LogP contribution in [-0.2, 0) is 20.6 Å². The molecule has 2 aromatic rings. The van der Waals surface area contributed by atoms with E-state index in [1.807, 2.05) is 24.3 Å². The Kier molecular flexibility index (Phi) is 6.69. The van der Waals surface area contributed by atoms with Gasteiger partial charge >= 0.3 is 0 Å². The van der Waals surface area contributed by atoms with E-state index in [0.717, 1.165) is 0 Å². The van der Waals surface area contributed by atoms with Gasteiger partial charge in [0.2, 0.25) is 15.9 Å². The summed E-state index contributed by atoms with van der Waals surface area (Å²) in [5, 5.41) is 3.46. The van der Waals surface area contributed by atoms with Gasteiger partial charge in [-0.15, -0.1) is 0 Å². The largest absolute Gasteiger partial charge is 0.486 e. The molecule has 9 heteroatoms. The maximum atomic E-state index is 12.9. The van der Waals surface area contributed by atoms with E-state index in [0.29, 0.717) is 54.6 Å². The minimum Gasteiger partial charge on any atom is -0.486 e. The fraction of sp³-hybridized carbons (Fsp3) is 0.409. The molecule has 0 spiro atoms. The van der Waals surface area contributed by atoms with Gasteiger partial charge in [0.25, 0.3) is 0 Å². The monoisotopic (exact) mass is 464 g/mol. The molecule has 1 amide bonds. The van der Waals surface area contributed by atoms with Crippen molar-refractivity contribution in [2.75, 3.05) is 26.2 Å². The predicted octanol–water partition coefficient (Wildman–Crippen LogP) is 2.84. The van der Waals surface area contributed by atoms with Crippen molar-refractivity contribution in [2.45, 2.75) is 24.7 Å². The highest BCUT2D eigenvalue weighted by atomic mass is 35.5. The van der Waals surface area contributed by atoms with Crippen molar-refractivity contribution < 1.29 is 22.7 Å². The van der Waals surface area contributed by atoms with E-state index in [1.165, 1.54) is 4.31 Å². The summed E-state index contributed by atoms with van der Waals surface area (Å²) in [4.78, 5) is 12.7. The number of rotatable bonds is 6. The van der Waals surface area contributed by atoms with Crippen LogP contribution in [0.1, 0.15) is 18.4 Å². The Morgan fingerprint density at radius 1 is 1.13 bits per heavy atom. The molecule has 7 nitrogen and oxygen atoms in total. The van der Waals surface area contributed by atoms with Crippen molar-refractivity contribution in [3.63, 3.8) is 0 Å². The van der Waals surface area contributed by atoms with Crippen LogP contribution < -0.4 is 14.8 Å². The molecule has 166 valence electrons. The summed E-state index contributed by atoms with van der Waals surface area (Å²) in [7, 11) is -3.52. The SMILES string of the molecule is O=C(NCC1COc2ccccc2O1)C1CCCN(S(=O)(=O)Cc2ccc(Cl)cc2)C1. The third-order valence-electron chi connectivity index (χ3n) is 5.48. The molecule has 2 heterocycles. The van der Waals surface area contributed by atoms with Crippen molar-refractivity contribution in [1.82, 2.24) is 9.62 Å². The van der Waals surface area contributed by atoms with Gasteiger partial charge in [0.05, 0.1) is 18.2 Å². The summed E-state index contributed by atoms with van der Waals surface area (Å²) in [5.41, 5.74) is 0.672. The lowest BCUT2D eigenvalue weighted by Crippen LogP contribution is -2.48. The molecule has 2 aliphatic heterocycles. The molecule has 0 bridgehead atoms. The Hall–Kier alpha value is -2.29. The average Bonchev–Trinajstić information content (AvgIpc) is 2.79. The Morgan fingerprint density at radius 3 is 2.65 bits per heavy atom. The van der Waals surface area contributed by atoms with Gasteiger partial charge in [0, 0.05) is 18.1 Å². The van der Waals surface area contributed by atoms with E-state index in [9.17, 15) is 13.2 Å². The van der Waals surface area contributed by atoms with Crippen LogP contribution in [0.3, 0.4) is 0 Å². The molecule has 1 fully saturated rings. The number of hydrogen-bond donors (Lipinski definition) is 1. The molecule has 4 rings (SSSR count). The molecule has 1 saturated heterocycles. The van der Waals surface area contributed by atoms with E-state index in [-0.39, 0.29) is 30.2 Å². The van der Waals surface area contributed by atoms with Crippen LogP contribution in [0.5, 0.6) is 11.5 Å². The summed E-state index contributed by atoms with van der Waals surface area (Å²) in [6.45, 7) is 1.27. The van der Waals surface area contributed by atoms with Crippen LogP contribution in [-0.4, -0.2) is 51.0 Å². The number of hydrogen-bond acceptors (Lipinski definition) is 5. The molecular formula is C22H25ClN2O5S. The zero-order valence-corrected chi connectivity index (χ0v) is 18.6. The first-order chi connectivity index (χ1) is 14.9. The molecule has 1 N–H and O–H groups in total. The van der Waals surface area contributed by atoms with Crippen molar-refractivity contribution in [1.29, 1.82) is 0 Å². The molecule has 0 saturated carbocycles. The summed E-state index contributed by atoms with van der Waals surface area (Å²) in [6, 6.07) is 14.2. The number of nitrogens with one attached hydrogen (secondary N) is 1. The first kappa shape index (κ1) is 21.9. The maximum absolute atomic E-state index is 12.9. The summed E-state index contributed by atoms with van der Waals surface area (Å²) < 4.78 is 38.7. The van der Waals surface area contributed by atoms with E-state index in [4.69, 9.17) is 21.1 Å². The lowest BCUT2D eigenvalue weighted by Gasteiger charge is -2.32. The number of halogens is 1. The average molecular weight is 465 g/mol. The second-order valence-corrected chi connectivity index (χ2v) is 10.2. The van der Waals surface area contributed by atoms with E-state index in [1.54, 1.807) is 24.3 Å². The molecule has 2 aromatic carbocycles. The molecule has 2 atom stereocenters. The highest BCUT2D eigenvalue weighted by molar-refractivity contribution is 7.88. The third-order valence-corrected chi connectivity index (χ3v) is 7.55. The standard InChI is InChI=1S/C22H25ClN2O5S/c23-18-9-7-16(8-10-18)15-31(27,28)25-11-3-4-17(13-25)22(26)24-12-19-14-29-20-5-1-2-6-21(20)30-19/h1-2,5-10,17,19H,3-4,11-15H2,(H,24,26). The second-order valence-electron chi connectivity index (χ2n) is 7.82. The zero-order chi connectivity index (χ0) is 21.8. The first-order valence-electron chi connectivity index (χ1n) is 10.3. The lowest BCUT2D eigenvalue weighted by atomic mass is 9.99. The minimum atomic E-state index is -3.52. The number of carbonyl (C=O) groups is 1. The number of nitrogens with zero attached hydrogens (tertiary/aromatic N) is 1. The van der Waals surface area contributed by atoms with Gasteiger partial charge in [-0.1, -0.05) is 35.9 Å². The highest BCUT2D eigenvalue weighted by Gasteiger charge is 2.33. The maximum Gasteiger partial charge on any atom is 0.224 e. The number of piperidine rings is 1. The van der Waals surface area contributed by atoms with Gasteiger partial charge in [-0.3, -0.25) is 4.79 Å². The first-order valence-corrected chi connectivity index (χ1v) is 12.3. The molecule has 0 radical (unpaired) electrons. The van der Waals surface area contributed by atoms with Crippen LogP contribution in [0.15, 0.2) is 48.5 Å². The van der Waals surface area contributed by atoms with Gasteiger partial charge in [-0.2, -0.15) is 0 Å². The molecule has 0 aliphatic carbocycles. The van der Waals surface area contributed by atoms with Crippen LogP contribution in [0, 0.1) is 5.92 Å². The Bertz CT molecular complexity index is 1030. The van der Waals surface area contributed by atoms with E-state index < -0.39 is 10.0 Å². The Balaban J connectivity index is 1.30. The third kappa shape index (κ3) is 5.50. The van der Waals surface area contributed by atoms with Crippen molar-refractivity contribution in [3.8, 4) is 11.5 Å². The van der Waals surface area contributed by atoms with Gasteiger partial charge in [0.1, 0.15) is 12.7 Å². The number of carbonyl (C=O) groups excluding carboxylic acids is 1. The number of ether oxygens (including phenoxy) is 2. The van der Waals surface area contributed by atoms with Crippen molar-refractivity contribution >= 4 is 27.5 Å². The quantitative estimate of drug-likeness (QED) is 0.710. The number of fused-ring (bicyclic) bond motifs is 1. The Labute approximate surface area is 187 Å². The number of amides is 1. The fourth-order valence-corrected chi connectivity index (χ4v) is 5.55. The minimum absolute atomic E-state index is 0.106. The van der Waals surface area contributed by atoms with Crippen molar-refractivity contribution in [2.24, 2.45) is 5.92 Å². The van der Waals surface area contributed by atoms with Crippen LogP contribution in [0.4, 0.5) is 0 Å². The topological polar surface area (TPSA) is 84.9 Å². The number of para-hydroxylation sites is 2. The van der Waals surface area contributed by atoms with Crippen LogP contribution >= 0.6 is 11.6 Å². The van der Waals surface area contributed by atoms with Gasteiger partial charge < -0.3 is 14.8 Å². The summed E-state index contributed by atoms with van der Waals surface area (Å²) >= 11 is 5.88. The van der Waals surface area contributed by atoms with Gasteiger partial charge in [0.15, 0.2) is 11.5 Å². The summed E-state index contributed by atoms with van der Waals surface area (Å²) in [6.07, 6.45) is 1.02. The fourth-order valence-electron chi connectivity index (χ4n) is 3.81. The Morgan fingerprint density at radius 2 is 1.87 bits per heavy atom. The van der Waals surface area contributed by atoms with Crippen LogP contribution in [0.25, 0.3) is 0 Å². The van der Waals surface area contributed by atoms with E-state index in [2.05, 4.69) is 5.32 Å². The van der Waals surface area contributed by atoms with Crippen molar-refractivity contribution in [3.05, 3.63) is 59.1 Å². The van der Waals surface area contributed by atoms with Crippen LogP contribution in [0.2, 0.25) is 5.02 Å². The molecule has 31 heavy (non-hydrogen) atoms. The molecule has 0 aromatic heterocycles.